The Morgan fingerprint density at radius 2 is 0.947 bits per heavy atom. The van der Waals surface area contributed by atoms with E-state index in [1.165, 1.54) is 38.3 Å². The van der Waals surface area contributed by atoms with Crippen molar-refractivity contribution >= 4 is 90.5 Å². The van der Waals surface area contributed by atoms with Gasteiger partial charge < -0.3 is 4.74 Å². The van der Waals surface area contributed by atoms with E-state index in [4.69, 9.17) is 17.9 Å². The fourth-order valence-electron chi connectivity index (χ4n) is 13.2. The fraction of sp³-hybridized carbons (Fsp3) is 0.0455. The van der Waals surface area contributed by atoms with Crippen LogP contribution in [-0.4, -0.2) is 30.3 Å². The normalized spacial score (nSPS) is 15.5. The molecule has 0 amide bonds. The maximum atomic E-state index is 10.9. The number of hydrogen-bond donors (Lipinski definition) is 0. The number of imidazole rings is 1. The summed E-state index contributed by atoms with van der Waals surface area (Å²) in [5.41, 5.74) is 1.64. The minimum atomic E-state index is -6.39. The van der Waals surface area contributed by atoms with Crippen molar-refractivity contribution < 1.29 is 42.2 Å². The van der Waals surface area contributed by atoms with Gasteiger partial charge in [0.15, 0.2) is 16.1 Å². The van der Waals surface area contributed by atoms with E-state index in [0.29, 0.717) is 28.5 Å². The molecule has 0 saturated carbocycles. The van der Waals surface area contributed by atoms with Gasteiger partial charge in [0.25, 0.3) is 6.33 Å². The van der Waals surface area contributed by atoms with Gasteiger partial charge in [0.1, 0.15) is 17.3 Å². The largest absolute Gasteiger partial charge is 0.458 e. The van der Waals surface area contributed by atoms with Gasteiger partial charge in [-0.1, -0.05) is 317 Å². The Hall–Kier alpha value is -11.5. The lowest BCUT2D eigenvalue weighted by molar-refractivity contribution is -0.571. The number of para-hydroxylation sites is 3. The number of aromatic nitrogens is 4. The van der Waals surface area contributed by atoms with E-state index >= 15 is 0 Å². The number of ether oxygens (including phenoxy) is 1. The zero-order valence-electron chi connectivity index (χ0n) is 75.4. The third-order valence-electron chi connectivity index (χ3n) is 17.4. The number of fused-ring (bicyclic) bond motifs is 4. The van der Waals surface area contributed by atoms with Gasteiger partial charge in [-0.2, -0.15) is 0 Å². The van der Waals surface area contributed by atoms with Crippen LogP contribution in [0.15, 0.2) is 357 Å². The lowest BCUT2D eigenvalue weighted by Crippen LogP contribution is -2.74. The zero-order valence-corrected chi connectivity index (χ0v) is 53.4. The number of pyridine rings is 1. The summed E-state index contributed by atoms with van der Waals surface area (Å²) in [6.07, 6.45) is 5.24. The van der Waals surface area contributed by atoms with Crippen molar-refractivity contribution in [2.45, 2.75) is 26.2 Å². The first-order valence-electron chi connectivity index (χ1n) is 42.7. The summed E-state index contributed by atoms with van der Waals surface area (Å²) in [6, 6.07) is 41.4. The lowest BCUT2D eigenvalue weighted by Gasteiger charge is -2.34. The maximum absolute atomic E-state index is 10.9. The molecule has 16 aromatic rings. The lowest BCUT2D eigenvalue weighted by atomic mass is 9.88. The smallest absolute Gasteiger partial charge is 0.269 e. The van der Waals surface area contributed by atoms with Crippen molar-refractivity contribution in [1.82, 2.24) is 14.1 Å². The molecule has 95 heavy (non-hydrogen) atoms. The molecule has 5 nitrogen and oxygen atoms in total. The molecule has 0 unspecified atom stereocenters. The highest BCUT2D eigenvalue weighted by Gasteiger charge is 2.43. The fourth-order valence-corrected chi connectivity index (χ4v) is 21.5. The van der Waals surface area contributed by atoms with Crippen molar-refractivity contribution in [3.63, 3.8) is 0 Å². The van der Waals surface area contributed by atoms with Crippen molar-refractivity contribution in [2.24, 2.45) is 0 Å². The molecule has 0 atom stereocenters. The van der Waals surface area contributed by atoms with Crippen LogP contribution in [-0.2, 0) is 5.41 Å². The Kier molecular flexibility index (Phi) is 9.78. The summed E-state index contributed by atoms with van der Waals surface area (Å²) >= 11 is 0. The Bertz CT molecular complexity index is 6580. The topological polar surface area (TPSA) is 35.9 Å². The SMILES string of the molecule is [2H]c1c([2H])c([2H])c(-c2cccc(-c3c([2H])c([2H])c([2H])c([Si](c4c([2H])c([2H])c([2H])c([2H])c4[2H])(c4c([2H])c([2H])c([2H])c([2H])c4[2H])c4c([2H])c([2H])c([2H])c([2H])c4[2H])c3[2H])c2-[n+]2[c-]n(-c3cccc(Oc4ccc5c6cc([Si](c7ccccc7)(c7ccccc7)c7ccccc7)ccc6n(-c6cc(C(C)(C)C)ccn6)c5c4)c3)c3ccccc32)c([2H])c1[2H]. The Morgan fingerprint density at radius 1 is 0.411 bits per heavy atom. The second kappa shape index (κ2) is 24.5. The van der Waals surface area contributed by atoms with Crippen molar-refractivity contribution in [1.29, 1.82) is 0 Å². The molecule has 0 aliphatic heterocycles. The Balaban J connectivity index is 0.937. The van der Waals surface area contributed by atoms with Crippen LogP contribution in [0.4, 0.5) is 0 Å². The average Bonchev–Trinajstić information content (AvgIpc) is 1.34. The molecule has 7 heteroatoms. The first-order chi connectivity index (χ1) is 56.7. The number of nitrogens with zero attached hydrogens (tertiary/aromatic N) is 4. The van der Waals surface area contributed by atoms with Gasteiger partial charge in [0, 0.05) is 23.0 Å². The molecule has 0 bridgehead atoms. The summed E-state index contributed by atoms with van der Waals surface area (Å²) in [5, 5.41) is 2.48. The monoisotopic (exact) mass is 1280 g/mol. The Labute approximate surface area is 591 Å². The van der Waals surface area contributed by atoms with E-state index in [2.05, 4.69) is 129 Å². The highest BCUT2D eigenvalue weighted by Crippen LogP contribution is 2.38. The van der Waals surface area contributed by atoms with Gasteiger partial charge in [-0.05, 0) is 123 Å². The summed E-state index contributed by atoms with van der Waals surface area (Å²) in [5.74, 6) is 1.44. The number of rotatable bonds is 15. The molecule has 454 valence electrons. The molecule has 0 aliphatic rings. The number of hydrogen-bond acceptors (Lipinski definition) is 2. The summed E-state index contributed by atoms with van der Waals surface area (Å²) in [6.45, 7) is 6.45. The van der Waals surface area contributed by atoms with E-state index in [1.54, 1.807) is 53.1 Å². The molecule has 0 N–H and O–H groups in total. The van der Waals surface area contributed by atoms with E-state index in [-0.39, 0.29) is 27.7 Å². The van der Waals surface area contributed by atoms with Crippen LogP contribution in [0.1, 0.15) is 59.2 Å². The maximum Gasteiger partial charge on any atom is 0.269 e. The van der Waals surface area contributed by atoms with Gasteiger partial charge in [-0.15, -0.1) is 0 Å². The molecular formula is C88H68N4OSi2. The van der Waals surface area contributed by atoms with Crippen molar-refractivity contribution in [3.8, 4) is 50.9 Å². The van der Waals surface area contributed by atoms with Crippen LogP contribution in [0.25, 0.3) is 72.3 Å². The van der Waals surface area contributed by atoms with Crippen LogP contribution >= 0.6 is 0 Å². The molecule has 0 spiro atoms. The van der Waals surface area contributed by atoms with Crippen LogP contribution in [0.2, 0.25) is 0 Å². The van der Waals surface area contributed by atoms with Crippen molar-refractivity contribution in [3.05, 3.63) is 369 Å². The van der Waals surface area contributed by atoms with Crippen LogP contribution in [0, 0.1) is 6.33 Å². The predicted octanol–water partition coefficient (Wildman–Crippen LogP) is 15.4. The van der Waals surface area contributed by atoms with Crippen molar-refractivity contribution in [2.75, 3.05) is 0 Å². The van der Waals surface area contributed by atoms with Gasteiger partial charge in [-0.25, -0.2) is 4.98 Å². The second-order valence-electron chi connectivity index (χ2n) is 23.8. The second-order valence-corrected chi connectivity index (χ2v) is 31.1. The molecule has 0 radical (unpaired) electrons. The average molecular weight is 1280 g/mol. The molecule has 3 aromatic heterocycles. The van der Waals surface area contributed by atoms with E-state index in [1.807, 2.05) is 48.7 Å². The zero-order chi connectivity index (χ0) is 84.8. The molecule has 13 aromatic carbocycles. The van der Waals surface area contributed by atoms with Crippen LogP contribution < -0.4 is 50.8 Å². The quantitative estimate of drug-likeness (QED) is 0.0444. The third-order valence-corrected chi connectivity index (χ3v) is 26.2. The third kappa shape index (κ3) is 10.3. The van der Waals surface area contributed by atoms with Crippen LogP contribution in [0.5, 0.6) is 11.5 Å². The highest BCUT2D eigenvalue weighted by atomic mass is 28.3. The van der Waals surface area contributed by atoms with E-state index < -0.39 is 193 Å². The molecule has 0 fully saturated rings. The summed E-state index contributed by atoms with van der Waals surface area (Å²) in [7, 11) is -9.44. The van der Waals surface area contributed by atoms with E-state index in [9.17, 15) is 24.7 Å². The first-order valence-corrected chi connectivity index (χ1v) is 34.7. The molecule has 16 rings (SSSR count). The molecular weight excluding hydrogens is 1190 g/mol. The molecule has 0 aliphatic carbocycles. The number of benzene rings is 13. The van der Waals surface area contributed by atoms with Gasteiger partial charge in [0.05, 0.1) is 66.3 Å². The Morgan fingerprint density at radius 3 is 1.57 bits per heavy atom. The minimum Gasteiger partial charge on any atom is -0.458 e. The van der Waals surface area contributed by atoms with Gasteiger partial charge in [-0.3, -0.25) is 13.7 Å². The van der Waals surface area contributed by atoms with Crippen LogP contribution in [0.3, 0.4) is 0 Å². The van der Waals surface area contributed by atoms with E-state index in [0.717, 1.165) is 32.6 Å². The predicted molar refractivity (Wildman–Crippen MR) is 399 cm³/mol. The standard InChI is InChI=1S/C88H68N4OSi2/c1-88(2,3)66-56-57-89-86(59-66)92-82-55-53-77(95(73-41-19-8-20-42-73,74-43-21-9-22-44-74)75-45-23-10-24-46-75)62-81(82)80-54-52-69(61-85(80)92)93-68-34-28-33-67(60-68)90-63-91(84-51-26-25-50-83(84)90)87-78(64-30-11-4-12-31-64)48-29-49-79(87)65-32-27-47-76(58-65)94(70-35-13-5-14-36-70,71-37-15-6-16-38-71)72-39-17-7-18-40-72/h4-62H,1-3H3/i4D,5D,6D,7D,11D,12D,13D,14D,15D,16D,17D,18D,27D,30D,31D,32D,35D,36D,37D,38D,39D,40D,47D,58D. The van der Waals surface area contributed by atoms with Gasteiger partial charge >= 0.3 is 0 Å². The minimum absolute atomic E-state index is 0.192. The molecule has 0 saturated heterocycles. The first kappa shape index (κ1) is 37.9. The molecule has 3 heterocycles. The highest BCUT2D eigenvalue weighted by molar-refractivity contribution is 7.20. The van der Waals surface area contributed by atoms with Gasteiger partial charge in [0.2, 0.25) is 0 Å². The summed E-state index contributed by atoms with van der Waals surface area (Å²) in [4.78, 5) is 5.04. The summed E-state index contributed by atoms with van der Waals surface area (Å²) < 4.78 is 239.